The van der Waals surface area contributed by atoms with Crippen molar-refractivity contribution in [2.75, 3.05) is 7.05 Å². The summed E-state index contributed by atoms with van der Waals surface area (Å²) < 4.78 is 0. The van der Waals surface area contributed by atoms with Crippen molar-refractivity contribution in [2.24, 2.45) is 10.7 Å². The summed E-state index contributed by atoms with van der Waals surface area (Å²) in [4.78, 5) is 19.0. The van der Waals surface area contributed by atoms with E-state index in [2.05, 4.69) is 15.3 Å². The molecule has 0 aliphatic rings. The van der Waals surface area contributed by atoms with Crippen LogP contribution in [0, 0.1) is 0 Å². The van der Waals surface area contributed by atoms with Crippen molar-refractivity contribution in [3.05, 3.63) is 60.3 Å². The van der Waals surface area contributed by atoms with Gasteiger partial charge in [-0.2, -0.15) is 4.99 Å². The number of rotatable bonds is 2. The molecule has 1 amide bonds. The zero-order valence-corrected chi connectivity index (χ0v) is 13.4. The second kappa shape index (κ2) is 6.98. The fourth-order valence-corrected chi connectivity index (χ4v) is 2.36. The van der Waals surface area contributed by atoms with Crippen LogP contribution in [0.4, 0.5) is 0 Å². The van der Waals surface area contributed by atoms with Crippen molar-refractivity contribution < 1.29 is 4.79 Å². The van der Waals surface area contributed by atoms with Crippen molar-refractivity contribution >= 4 is 35.2 Å². The molecule has 0 saturated carbocycles. The number of carbonyl (C=O) groups excluding carboxylic acids is 1. The van der Waals surface area contributed by atoms with Crippen LogP contribution in [0.1, 0.15) is 10.5 Å². The monoisotopic (exact) mass is 328 g/mol. The molecule has 0 aliphatic heterocycles. The van der Waals surface area contributed by atoms with Crippen LogP contribution in [0.15, 0.2) is 59.6 Å². The lowest BCUT2D eigenvalue weighted by molar-refractivity contribution is 0.0998. The predicted octanol–water partition coefficient (Wildman–Crippen LogP) is 2.93. The van der Waals surface area contributed by atoms with Gasteiger partial charge in [0.1, 0.15) is 5.69 Å². The highest BCUT2D eigenvalue weighted by Gasteiger charge is 2.12. The van der Waals surface area contributed by atoms with Crippen molar-refractivity contribution in [3.8, 4) is 11.1 Å². The van der Waals surface area contributed by atoms with Gasteiger partial charge in [-0.05, 0) is 11.6 Å². The summed E-state index contributed by atoms with van der Waals surface area (Å²) in [6.07, 6.45) is 0. The Morgan fingerprint density at radius 3 is 2.57 bits per heavy atom. The maximum absolute atomic E-state index is 12.1. The van der Waals surface area contributed by atoms with Crippen LogP contribution in [0.25, 0.3) is 22.0 Å². The van der Waals surface area contributed by atoms with E-state index in [-0.39, 0.29) is 18.4 Å². The standard InChI is InChI=1S/C17H16N4O.ClH/c1-19-17(18)21-16(22)14-10-12-8-5-9-13(15(12)20-14)11-6-3-2-4-7-11;/h2-10,20H,1H3,(H3,18,19,21,22);1H. The summed E-state index contributed by atoms with van der Waals surface area (Å²) in [7, 11) is 1.62. The third-order valence-corrected chi connectivity index (χ3v) is 3.45. The number of guanidine groups is 1. The fraction of sp³-hybridized carbons (Fsp3) is 0.0588. The Balaban J connectivity index is 0.00000192. The molecule has 0 unspecified atom stereocenters. The van der Waals surface area contributed by atoms with Gasteiger partial charge in [0.15, 0.2) is 5.96 Å². The van der Waals surface area contributed by atoms with Gasteiger partial charge in [-0.3, -0.25) is 4.79 Å². The Morgan fingerprint density at radius 1 is 1.13 bits per heavy atom. The highest BCUT2D eigenvalue weighted by Crippen LogP contribution is 2.28. The van der Waals surface area contributed by atoms with Gasteiger partial charge >= 0.3 is 0 Å². The molecule has 2 aromatic carbocycles. The molecule has 4 N–H and O–H groups in total. The first-order valence-electron chi connectivity index (χ1n) is 6.92. The molecule has 0 atom stereocenters. The van der Waals surface area contributed by atoms with E-state index in [1.165, 1.54) is 0 Å². The molecule has 118 valence electrons. The highest BCUT2D eigenvalue weighted by molar-refractivity contribution is 6.06. The number of hydrogen-bond donors (Lipinski definition) is 3. The normalized spacial score (nSPS) is 11.1. The Hall–Kier alpha value is -2.79. The number of nitrogens with one attached hydrogen (secondary N) is 2. The van der Waals surface area contributed by atoms with Gasteiger partial charge < -0.3 is 16.0 Å². The Kier molecular flexibility index (Phi) is 5.03. The number of nitrogens with two attached hydrogens (primary N) is 1. The van der Waals surface area contributed by atoms with Crippen molar-refractivity contribution in [3.63, 3.8) is 0 Å². The van der Waals surface area contributed by atoms with E-state index < -0.39 is 5.91 Å². The predicted molar refractivity (Wildman–Crippen MR) is 96.0 cm³/mol. The summed E-state index contributed by atoms with van der Waals surface area (Å²) in [5.41, 5.74) is 8.99. The molecule has 0 saturated heterocycles. The van der Waals surface area contributed by atoms with Crippen molar-refractivity contribution in [1.29, 1.82) is 0 Å². The highest BCUT2D eigenvalue weighted by atomic mass is 35.5. The fourth-order valence-electron chi connectivity index (χ4n) is 2.36. The Labute approximate surface area is 140 Å². The van der Waals surface area contributed by atoms with Gasteiger partial charge in [-0.25, -0.2) is 0 Å². The first-order chi connectivity index (χ1) is 10.7. The minimum Gasteiger partial charge on any atom is -0.370 e. The number of halogens is 1. The molecule has 3 rings (SSSR count). The summed E-state index contributed by atoms with van der Waals surface area (Å²) in [5, 5.41) is 3.59. The number of hydrogen-bond acceptors (Lipinski definition) is 1. The number of carbonyl (C=O) groups is 1. The van der Waals surface area contributed by atoms with Gasteiger partial charge in [0.2, 0.25) is 0 Å². The molecule has 0 spiro atoms. The first-order valence-corrected chi connectivity index (χ1v) is 6.92. The van der Waals surface area contributed by atoms with Crippen LogP contribution in [-0.2, 0) is 0 Å². The molecule has 5 nitrogen and oxygen atoms in total. The van der Waals surface area contributed by atoms with E-state index in [1.54, 1.807) is 13.1 Å². The zero-order valence-electron chi connectivity index (χ0n) is 12.5. The average molecular weight is 329 g/mol. The summed E-state index contributed by atoms with van der Waals surface area (Å²) in [6.45, 7) is 0. The number of amides is 1. The Bertz CT molecular complexity index is 855. The zero-order chi connectivity index (χ0) is 15.5. The number of aromatic nitrogens is 1. The Morgan fingerprint density at radius 2 is 1.87 bits per heavy atom. The van der Waals surface area contributed by atoms with Crippen LogP contribution in [0.3, 0.4) is 0 Å². The molecule has 3 aromatic rings. The SMILES string of the molecule is CNC(N)=NC(=O)c1cc2cccc(-c3ccccc3)c2[nH]1.Cl. The molecule has 0 fully saturated rings. The molecular formula is C17H17ClN4O. The van der Waals surface area contributed by atoms with Crippen LogP contribution >= 0.6 is 12.4 Å². The molecule has 23 heavy (non-hydrogen) atoms. The summed E-state index contributed by atoms with van der Waals surface area (Å²) in [5.74, 6) is -0.311. The molecule has 6 heteroatoms. The minimum atomic E-state index is -0.401. The number of fused-ring (bicyclic) bond motifs is 1. The number of nitrogens with zero attached hydrogens (tertiary/aromatic N) is 1. The lowest BCUT2D eigenvalue weighted by Gasteiger charge is -2.03. The lowest BCUT2D eigenvalue weighted by atomic mass is 10.0. The number of H-pyrrole nitrogens is 1. The first kappa shape index (κ1) is 16.6. The number of benzene rings is 2. The quantitative estimate of drug-likeness (QED) is 0.499. The van der Waals surface area contributed by atoms with Gasteiger partial charge in [0.25, 0.3) is 5.91 Å². The van der Waals surface area contributed by atoms with E-state index in [1.807, 2.05) is 48.5 Å². The second-order valence-corrected chi connectivity index (χ2v) is 4.87. The van der Waals surface area contributed by atoms with Gasteiger partial charge in [-0.15, -0.1) is 12.4 Å². The molecule has 0 bridgehead atoms. The minimum absolute atomic E-state index is 0. The smallest absolute Gasteiger partial charge is 0.296 e. The van der Waals surface area contributed by atoms with E-state index >= 15 is 0 Å². The van der Waals surface area contributed by atoms with Gasteiger partial charge in [-0.1, -0.05) is 48.5 Å². The molecular weight excluding hydrogens is 312 g/mol. The van der Waals surface area contributed by atoms with E-state index in [0.717, 1.165) is 22.0 Å². The van der Waals surface area contributed by atoms with E-state index in [9.17, 15) is 4.79 Å². The summed E-state index contributed by atoms with van der Waals surface area (Å²) >= 11 is 0. The van der Waals surface area contributed by atoms with Gasteiger partial charge in [0, 0.05) is 18.0 Å². The van der Waals surface area contributed by atoms with Gasteiger partial charge in [0.05, 0.1) is 5.52 Å². The maximum atomic E-state index is 12.1. The van der Waals surface area contributed by atoms with Crippen molar-refractivity contribution in [1.82, 2.24) is 10.3 Å². The summed E-state index contributed by atoms with van der Waals surface area (Å²) in [6, 6.07) is 17.8. The molecule has 1 heterocycles. The van der Waals surface area contributed by atoms with E-state index in [4.69, 9.17) is 5.73 Å². The van der Waals surface area contributed by atoms with Crippen LogP contribution < -0.4 is 11.1 Å². The second-order valence-electron chi connectivity index (χ2n) is 4.87. The third kappa shape index (κ3) is 3.35. The number of aliphatic imine (C=N–C) groups is 1. The molecule has 0 aliphatic carbocycles. The van der Waals surface area contributed by atoms with Crippen LogP contribution in [0.5, 0.6) is 0 Å². The lowest BCUT2D eigenvalue weighted by Crippen LogP contribution is -2.28. The van der Waals surface area contributed by atoms with Crippen LogP contribution in [-0.4, -0.2) is 23.9 Å². The molecule has 1 aromatic heterocycles. The van der Waals surface area contributed by atoms with Crippen LogP contribution in [0.2, 0.25) is 0 Å². The third-order valence-electron chi connectivity index (χ3n) is 3.45. The number of para-hydroxylation sites is 1. The van der Waals surface area contributed by atoms with E-state index in [0.29, 0.717) is 5.69 Å². The average Bonchev–Trinajstić information content (AvgIpc) is 2.99. The van der Waals surface area contributed by atoms with Crippen molar-refractivity contribution in [2.45, 2.75) is 0 Å². The molecule has 0 radical (unpaired) electrons. The topological polar surface area (TPSA) is 83.3 Å². The number of aromatic amines is 1. The largest absolute Gasteiger partial charge is 0.370 e. The maximum Gasteiger partial charge on any atom is 0.296 e.